The number of ether oxygens (including phenoxy) is 1. The fourth-order valence-corrected chi connectivity index (χ4v) is 3.11. The maximum absolute atomic E-state index is 12.1. The second kappa shape index (κ2) is 4.98. The standard InChI is InChI=1S/C13H16ClN3O2/c1-19-12-5-15-10(4-9(12)14)13(18)16-11-7-17-3-2-8(11)6-17/h4-5,8,11H,2-3,6-7H2,1H3,(H,16,18)/t8-,11?/m0/s1. The van der Waals surface area contributed by atoms with Crippen LogP contribution >= 0.6 is 11.6 Å². The molecule has 0 spiro atoms. The molecular formula is C13H16ClN3O2. The molecule has 3 heterocycles. The average Bonchev–Trinajstić information content (AvgIpc) is 3.00. The highest BCUT2D eigenvalue weighted by Crippen LogP contribution is 2.28. The number of pyridine rings is 1. The van der Waals surface area contributed by atoms with Crippen LogP contribution in [0, 0.1) is 5.92 Å². The summed E-state index contributed by atoms with van der Waals surface area (Å²) < 4.78 is 5.02. The summed E-state index contributed by atoms with van der Waals surface area (Å²) in [7, 11) is 1.52. The third kappa shape index (κ3) is 2.40. The Bertz CT molecular complexity index is 509. The van der Waals surface area contributed by atoms with E-state index in [1.54, 1.807) is 6.07 Å². The third-order valence-corrected chi connectivity index (χ3v) is 4.22. The van der Waals surface area contributed by atoms with Gasteiger partial charge in [-0.25, -0.2) is 4.98 Å². The zero-order valence-corrected chi connectivity index (χ0v) is 11.5. The van der Waals surface area contributed by atoms with E-state index in [2.05, 4.69) is 15.2 Å². The normalized spacial score (nSPS) is 28.4. The molecule has 0 radical (unpaired) electrons. The number of nitrogens with one attached hydrogen (secondary N) is 1. The fourth-order valence-electron chi connectivity index (χ4n) is 2.88. The molecule has 102 valence electrons. The van der Waals surface area contributed by atoms with Crippen LogP contribution in [0.1, 0.15) is 16.9 Å². The van der Waals surface area contributed by atoms with E-state index in [0.29, 0.717) is 22.4 Å². The van der Waals surface area contributed by atoms with E-state index in [1.807, 2.05) is 0 Å². The molecule has 6 heteroatoms. The Morgan fingerprint density at radius 2 is 2.42 bits per heavy atom. The highest BCUT2D eigenvalue weighted by Gasteiger charge is 2.38. The highest BCUT2D eigenvalue weighted by molar-refractivity contribution is 6.32. The number of methoxy groups -OCH3 is 1. The van der Waals surface area contributed by atoms with E-state index >= 15 is 0 Å². The van der Waals surface area contributed by atoms with Crippen LogP contribution in [-0.2, 0) is 0 Å². The summed E-state index contributed by atoms with van der Waals surface area (Å²) in [6.45, 7) is 3.20. The van der Waals surface area contributed by atoms with Crippen molar-refractivity contribution in [2.75, 3.05) is 26.7 Å². The van der Waals surface area contributed by atoms with Crippen molar-refractivity contribution in [3.63, 3.8) is 0 Å². The molecule has 3 rings (SSSR count). The fraction of sp³-hybridized carbons (Fsp3) is 0.538. The number of halogens is 1. The zero-order valence-electron chi connectivity index (χ0n) is 10.7. The lowest BCUT2D eigenvalue weighted by Gasteiger charge is -2.23. The molecule has 2 aliphatic heterocycles. The van der Waals surface area contributed by atoms with Crippen molar-refractivity contribution in [2.45, 2.75) is 12.5 Å². The topological polar surface area (TPSA) is 54.5 Å². The number of carbonyl (C=O) groups is 1. The summed E-state index contributed by atoms with van der Waals surface area (Å²) in [4.78, 5) is 18.6. The monoisotopic (exact) mass is 281 g/mol. The van der Waals surface area contributed by atoms with E-state index in [1.165, 1.54) is 19.7 Å². The van der Waals surface area contributed by atoms with Crippen LogP contribution in [0.3, 0.4) is 0 Å². The maximum atomic E-state index is 12.1. The summed E-state index contributed by atoms with van der Waals surface area (Å²) in [5, 5.41) is 3.45. The molecule has 0 aliphatic carbocycles. The van der Waals surface area contributed by atoms with E-state index < -0.39 is 0 Å². The minimum absolute atomic E-state index is 0.164. The van der Waals surface area contributed by atoms with E-state index in [-0.39, 0.29) is 11.9 Å². The first-order chi connectivity index (χ1) is 9.17. The number of hydrogen-bond donors (Lipinski definition) is 1. The Kier molecular flexibility index (Phi) is 3.33. The van der Waals surface area contributed by atoms with E-state index in [4.69, 9.17) is 16.3 Å². The predicted octanol–water partition coefficient (Wildman–Crippen LogP) is 1.18. The van der Waals surface area contributed by atoms with Gasteiger partial charge in [0.25, 0.3) is 5.91 Å². The van der Waals surface area contributed by atoms with Gasteiger partial charge in [-0.1, -0.05) is 11.6 Å². The molecule has 5 nitrogen and oxygen atoms in total. The van der Waals surface area contributed by atoms with Crippen LogP contribution in [0.25, 0.3) is 0 Å². The molecule has 2 saturated heterocycles. The quantitative estimate of drug-likeness (QED) is 0.904. The molecule has 0 saturated carbocycles. The summed E-state index contributed by atoms with van der Waals surface area (Å²) >= 11 is 6.00. The number of carbonyl (C=O) groups excluding carboxylic acids is 1. The molecule has 1 aromatic rings. The van der Waals surface area contributed by atoms with Gasteiger partial charge in [0.1, 0.15) is 5.69 Å². The van der Waals surface area contributed by atoms with Crippen molar-refractivity contribution in [3.8, 4) is 5.75 Å². The third-order valence-electron chi connectivity index (χ3n) is 3.92. The Labute approximate surface area is 116 Å². The van der Waals surface area contributed by atoms with Crippen molar-refractivity contribution in [1.82, 2.24) is 15.2 Å². The average molecular weight is 282 g/mol. The van der Waals surface area contributed by atoms with Crippen molar-refractivity contribution >= 4 is 17.5 Å². The number of amides is 1. The van der Waals surface area contributed by atoms with E-state index in [0.717, 1.165) is 19.6 Å². The molecule has 1 N–H and O–H groups in total. The molecule has 2 unspecified atom stereocenters. The number of hydrogen-bond acceptors (Lipinski definition) is 4. The second-order valence-corrected chi connectivity index (χ2v) is 5.50. The molecule has 2 bridgehead atoms. The first-order valence-electron chi connectivity index (χ1n) is 6.40. The van der Waals surface area contributed by atoms with Gasteiger partial charge in [0.2, 0.25) is 0 Å². The summed E-state index contributed by atoms with van der Waals surface area (Å²) in [5.41, 5.74) is 0.337. The van der Waals surface area contributed by atoms with Gasteiger partial charge >= 0.3 is 0 Å². The van der Waals surface area contributed by atoms with Gasteiger partial charge in [-0.15, -0.1) is 0 Å². The summed E-state index contributed by atoms with van der Waals surface area (Å²) in [6, 6.07) is 1.78. The van der Waals surface area contributed by atoms with Gasteiger partial charge in [0, 0.05) is 19.1 Å². The molecule has 2 fully saturated rings. The molecule has 1 aromatic heterocycles. The van der Waals surface area contributed by atoms with Crippen LogP contribution in [-0.4, -0.2) is 48.6 Å². The smallest absolute Gasteiger partial charge is 0.270 e. The Morgan fingerprint density at radius 3 is 3.00 bits per heavy atom. The number of rotatable bonds is 3. The van der Waals surface area contributed by atoms with Gasteiger partial charge in [-0.2, -0.15) is 0 Å². The minimum atomic E-state index is -0.164. The SMILES string of the molecule is COc1cnc(C(=O)NC2CN3CC[C@H]2C3)cc1Cl. The highest BCUT2D eigenvalue weighted by atomic mass is 35.5. The Morgan fingerprint density at radius 1 is 1.58 bits per heavy atom. The number of nitrogens with zero attached hydrogens (tertiary/aromatic N) is 2. The predicted molar refractivity (Wildman–Crippen MR) is 71.6 cm³/mol. The lowest BCUT2D eigenvalue weighted by atomic mass is 10.00. The first kappa shape index (κ1) is 12.7. The number of piperidine rings is 1. The first-order valence-corrected chi connectivity index (χ1v) is 6.78. The molecule has 3 atom stereocenters. The van der Waals surface area contributed by atoms with Crippen LogP contribution in [0.15, 0.2) is 12.3 Å². The molecule has 0 aromatic carbocycles. The Hall–Kier alpha value is -1.33. The van der Waals surface area contributed by atoms with Gasteiger partial charge < -0.3 is 15.0 Å². The minimum Gasteiger partial charge on any atom is -0.494 e. The van der Waals surface area contributed by atoms with Gasteiger partial charge in [0.15, 0.2) is 5.75 Å². The zero-order chi connectivity index (χ0) is 13.4. The largest absolute Gasteiger partial charge is 0.494 e. The van der Waals surface area contributed by atoms with Crippen molar-refractivity contribution in [1.29, 1.82) is 0 Å². The summed E-state index contributed by atoms with van der Waals surface area (Å²) in [5.74, 6) is 0.894. The van der Waals surface area contributed by atoms with Crippen LogP contribution in [0.2, 0.25) is 5.02 Å². The molecule has 2 aliphatic rings. The molecule has 1 amide bonds. The van der Waals surface area contributed by atoms with Crippen LogP contribution < -0.4 is 10.1 Å². The second-order valence-electron chi connectivity index (χ2n) is 5.09. The van der Waals surface area contributed by atoms with Crippen LogP contribution in [0.4, 0.5) is 0 Å². The van der Waals surface area contributed by atoms with Crippen molar-refractivity contribution < 1.29 is 9.53 Å². The Balaban J connectivity index is 1.69. The van der Waals surface area contributed by atoms with Crippen LogP contribution in [0.5, 0.6) is 5.75 Å². The maximum Gasteiger partial charge on any atom is 0.270 e. The number of aromatic nitrogens is 1. The van der Waals surface area contributed by atoms with Crippen molar-refractivity contribution in [2.24, 2.45) is 5.92 Å². The van der Waals surface area contributed by atoms with Gasteiger partial charge in [-0.05, 0) is 24.9 Å². The van der Waals surface area contributed by atoms with Gasteiger partial charge in [-0.3, -0.25) is 4.79 Å². The molecular weight excluding hydrogens is 266 g/mol. The van der Waals surface area contributed by atoms with Gasteiger partial charge in [0.05, 0.1) is 18.3 Å². The number of fused-ring (bicyclic) bond motifs is 2. The lowest BCUT2D eigenvalue weighted by Crippen LogP contribution is -2.43. The lowest BCUT2D eigenvalue weighted by molar-refractivity contribution is 0.0919. The summed E-state index contributed by atoms with van der Waals surface area (Å²) in [6.07, 6.45) is 2.64. The van der Waals surface area contributed by atoms with E-state index in [9.17, 15) is 4.79 Å². The molecule has 19 heavy (non-hydrogen) atoms. The van der Waals surface area contributed by atoms with Crippen molar-refractivity contribution in [3.05, 3.63) is 23.0 Å².